The summed E-state index contributed by atoms with van der Waals surface area (Å²) >= 11 is 0. The molecular weight excluding hydrogens is 242 g/mol. The van der Waals surface area contributed by atoms with Gasteiger partial charge in [-0.2, -0.15) is 0 Å². The molecule has 4 nitrogen and oxygen atoms in total. The molecule has 0 unspecified atom stereocenters. The SMILES string of the molecule is CCN(CCCO)C(=O)c1ccccc1C#CCO. The third-order valence-electron chi connectivity index (χ3n) is 2.71. The summed E-state index contributed by atoms with van der Waals surface area (Å²) in [5.74, 6) is 5.24. The van der Waals surface area contributed by atoms with E-state index in [0.717, 1.165) is 0 Å². The van der Waals surface area contributed by atoms with E-state index in [0.29, 0.717) is 30.6 Å². The minimum absolute atomic E-state index is 0.0652. The van der Waals surface area contributed by atoms with E-state index < -0.39 is 0 Å². The van der Waals surface area contributed by atoms with Crippen LogP contribution in [0.1, 0.15) is 29.3 Å². The third-order valence-corrected chi connectivity index (χ3v) is 2.71. The average Bonchev–Trinajstić information content (AvgIpc) is 2.46. The van der Waals surface area contributed by atoms with Gasteiger partial charge in [-0.15, -0.1) is 0 Å². The lowest BCUT2D eigenvalue weighted by Gasteiger charge is -2.21. The first-order valence-electron chi connectivity index (χ1n) is 6.33. The highest BCUT2D eigenvalue weighted by Crippen LogP contribution is 2.11. The average molecular weight is 261 g/mol. The standard InChI is InChI=1S/C15H19NO3/c1-2-16(10-6-12-18)15(19)14-9-4-3-7-13(14)8-5-11-17/h3-4,7,9,17-18H,2,6,10-12H2,1H3. The first kappa shape index (κ1) is 15.2. The van der Waals surface area contributed by atoms with Crippen molar-refractivity contribution in [2.45, 2.75) is 13.3 Å². The molecule has 1 amide bonds. The first-order valence-corrected chi connectivity index (χ1v) is 6.33. The van der Waals surface area contributed by atoms with Gasteiger partial charge in [-0.25, -0.2) is 0 Å². The quantitative estimate of drug-likeness (QED) is 0.773. The second-order valence-corrected chi connectivity index (χ2v) is 3.97. The highest BCUT2D eigenvalue weighted by molar-refractivity contribution is 5.96. The van der Waals surface area contributed by atoms with E-state index in [2.05, 4.69) is 11.8 Å². The molecular formula is C15H19NO3. The Morgan fingerprint density at radius 3 is 2.68 bits per heavy atom. The molecule has 0 aromatic heterocycles. The molecule has 0 aliphatic carbocycles. The number of benzene rings is 1. The van der Waals surface area contributed by atoms with Gasteiger partial charge < -0.3 is 15.1 Å². The zero-order valence-corrected chi connectivity index (χ0v) is 11.1. The number of hydrogen-bond acceptors (Lipinski definition) is 3. The molecule has 102 valence electrons. The van der Waals surface area contributed by atoms with Crippen LogP contribution in [0.15, 0.2) is 24.3 Å². The summed E-state index contributed by atoms with van der Waals surface area (Å²) < 4.78 is 0. The van der Waals surface area contributed by atoms with Gasteiger partial charge in [0.05, 0.1) is 5.56 Å². The molecule has 0 heterocycles. The van der Waals surface area contributed by atoms with Crippen molar-refractivity contribution in [3.05, 3.63) is 35.4 Å². The Labute approximate surface area is 113 Å². The van der Waals surface area contributed by atoms with Crippen LogP contribution in [-0.2, 0) is 0 Å². The number of amides is 1. The van der Waals surface area contributed by atoms with E-state index in [1.54, 1.807) is 23.1 Å². The lowest BCUT2D eigenvalue weighted by molar-refractivity contribution is 0.0754. The van der Waals surface area contributed by atoms with Crippen molar-refractivity contribution in [2.24, 2.45) is 0 Å². The van der Waals surface area contributed by atoms with Crippen LogP contribution in [0.2, 0.25) is 0 Å². The molecule has 2 N–H and O–H groups in total. The fourth-order valence-electron chi connectivity index (χ4n) is 1.75. The summed E-state index contributed by atoms with van der Waals surface area (Å²) in [5, 5.41) is 17.6. The molecule has 0 atom stereocenters. The van der Waals surface area contributed by atoms with Crippen molar-refractivity contribution in [1.82, 2.24) is 4.90 Å². The molecule has 0 aliphatic heterocycles. The maximum absolute atomic E-state index is 12.4. The number of carbonyl (C=O) groups excluding carboxylic acids is 1. The van der Waals surface area contributed by atoms with Crippen molar-refractivity contribution < 1.29 is 15.0 Å². The van der Waals surface area contributed by atoms with Gasteiger partial charge in [-0.1, -0.05) is 24.0 Å². The fraction of sp³-hybridized carbons (Fsp3) is 0.400. The predicted octanol–water partition coefficient (Wildman–Crippen LogP) is 0.875. The van der Waals surface area contributed by atoms with E-state index >= 15 is 0 Å². The summed E-state index contributed by atoms with van der Waals surface area (Å²) in [6.07, 6.45) is 0.560. The van der Waals surface area contributed by atoms with Gasteiger partial charge in [-0.05, 0) is 25.5 Å². The van der Waals surface area contributed by atoms with Gasteiger partial charge in [0.25, 0.3) is 5.91 Å². The molecule has 1 rings (SSSR count). The third kappa shape index (κ3) is 4.40. The first-order chi connectivity index (χ1) is 9.24. The Hall–Kier alpha value is -1.83. The van der Waals surface area contributed by atoms with Gasteiger partial charge in [0.15, 0.2) is 0 Å². The highest BCUT2D eigenvalue weighted by Gasteiger charge is 2.16. The molecule has 1 aromatic carbocycles. The Morgan fingerprint density at radius 2 is 2.05 bits per heavy atom. The van der Waals surface area contributed by atoms with E-state index in [-0.39, 0.29) is 19.1 Å². The summed E-state index contributed by atoms with van der Waals surface area (Å²) in [7, 11) is 0. The van der Waals surface area contributed by atoms with Crippen molar-refractivity contribution in [1.29, 1.82) is 0 Å². The number of carbonyl (C=O) groups is 1. The van der Waals surface area contributed by atoms with Crippen LogP contribution < -0.4 is 0 Å². The van der Waals surface area contributed by atoms with Crippen LogP contribution in [0, 0.1) is 11.8 Å². The molecule has 4 heteroatoms. The number of hydrogen-bond donors (Lipinski definition) is 2. The van der Waals surface area contributed by atoms with Gasteiger partial charge in [0.2, 0.25) is 0 Å². The number of aliphatic hydroxyl groups is 2. The van der Waals surface area contributed by atoms with E-state index in [1.165, 1.54) is 0 Å². The van der Waals surface area contributed by atoms with Crippen LogP contribution in [0.25, 0.3) is 0 Å². The topological polar surface area (TPSA) is 60.8 Å². The Morgan fingerprint density at radius 1 is 1.32 bits per heavy atom. The number of rotatable bonds is 5. The van der Waals surface area contributed by atoms with E-state index in [1.807, 2.05) is 13.0 Å². The van der Waals surface area contributed by atoms with Crippen molar-refractivity contribution in [2.75, 3.05) is 26.3 Å². The molecule has 0 spiro atoms. The summed E-state index contributed by atoms with van der Waals surface area (Å²) in [5.41, 5.74) is 1.15. The number of nitrogens with zero attached hydrogens (tertiary/aromatic N) is 1. The van der Waals surface area contributed by atoms with Gasteiger partial charge in [-0.3, -0.25) is 4.79 Å². The van der Waals surface area contributed by atoms with Crippen LogP contribution in [0.4, 0.5) is 0 Å². The minimum atomic E-state index is -0.232. The monoisotopic (exact) mass is 261 g/mol. The van der Waals surface area contributed by atoms with E-state index in [4.69, 9.17) is 10.2 Å². The molecule has 0 saturated carbocycles. The molecule has 0 aliphatic rings. The highest BCUT2D eigenvalue weighted by atomic mass is 16.3. The maximum atomic E-state index is 12.4. The van der Waals surface area contributed by atoms with Crippen molar-refractivity contribution in [3.63, 3.8) is 0 Å². The summed E-state index contributed by atoms with van der Waals surface area (Å²) in [4.78, 5) is 14.1. The van der Waals surface area contributed by atoms with Crippen LogP contribution in [0.3, 0.4) is 0 Å². The molecule has 1 aromatic rings. The number of aliphatic hydroxyl groups excluding tert-OH is 2. The minimum Gasteiger partial charge on any atom is -0.396 e. The van der Waals surface area contributed by atoms with Gasteiger partial charge in [0.1, 0.15) is 6.61 Å². The van der Waals surface area contributed by atoms with E-state index in [9.17, 15) is 4.79 Å². The lowest BCUT2D eigenvalue weighted by atomic mass is 10.1. The largest absolute Gasteiger partial charge is 0.396 e. The second kappa shape index (κ2) is 8.30. The lowest BCUT2D eigenvalue weighted by Crippen LogP contribution is -2.32. The van der Waals surface area contributed by atoms with Crippen LogP contribution in [0.5, 0.6) is 0 Å². The smallest absolute Gasteiger partial charge is 0.255 e. The Balaban J connectivity index is 2.97. The van der Waals surface area contributed by atoms with Crippen LogP contribution in [-0.4, -0.2) is 47.3 Å². The zero-order chi connectivity index (χ0) is 14.1. The van der Waals surface area contributed by atoms with Gasteiger partial charge >= 0.3 is 0 Å². The summed E-state index contributed by atoms with van der Waals surface area (Å²) in [6.45, 7) is 2.84. The Kier molecular flexibility index (Phi) is 6.65. The molecule has 0 fully saturated rings. The molecule has 19 heavy (non-hydrogen) atoms. The molecule has 0 radical (unpaired) electrons. The predicted molar refractivity (Wildman–Crippen MR) is 73.7 cm³/mol. The van der Waals surface area contributed by atoms with Crippen LogP contribution >= 0.6 is 0 Å². The summed E-state index contributed by atoms with van der Waals surface area (Å²) in [6, 6.07) is 7.08. The molecule has 0 saturated heterocycles. The fourth-order valence-corrected chi connectivity index (χ4v) is 1.75. The van der Waals surface area contributed by atoms with Crippen molar-refractivity contribution in [3.8, 4) is 11.8 Å². The van der Waals surface area contributed by atoms with Gasteiger partial charge in [0, 0.05) is 25.3 Å². The van der Waals surface area contributed by atoms with Crippen molar-refractivity contribution >= 4 is 5.91 Å². The molecule has 0 bridgehead atoms. The second-order valence-electron chi connectivity index (χ2n) is 3.97. The normalized spacial score (nSPS) is 9.63. The zero-order valence-electron chi connectivity index (χ0n) is 11.1. The maximum Gasteiger partial charge on any atom is 0.255 e. The Bertz CT molecular complexity index is 474.